The lowest BCUT2D eigenvalue weighted by atomic mass is 9.75. The van der Waals surface area contributed by atoms with Crippen LogP contribution in [-0.2, 0) is 38.2 Å². The number of benzene rings is 2. The van der Waals surface area contributed by atoms with E-state index in [1.165, 1.54) is 43.3 Å². The minimum atomic E-state index is -4.91. The van der Waals surface area contributed by atoms with Gasteiger partial charge in [-0.3, -0.25) is 0 Å². The molecule has 0 aromatic heterocycles. The fraction of sp³-hybridized carbons (Fsp3) is 0.200. The molecular weight excluding hydrogens is 548 g/mol. The Balaban J connectivity index is 2.27. The average molecular weight is 560 g/mol. The van der Waals surface area contributed by atoms with E-state index in [9.17, 15) is 27.0 Å². The molecule has 1 fully saturated rings. The summed E-state index contributed by atoms with van der Waals surface area (Å²) in [6.45, 7) is 1.48. The van der Waals surface area contributed by atoms with E-state index in [-0.39, 0.29) is 20.4 Å². The van der Waals surface area contributed by atoms with E-state index >= 15 is 0 Å². The molecule has 0 atom stereocenters. The van der Waals surface area contributed by atoms with Gasteiger partial charge < -0.3 is 10.2 Å². The second-order valence-electron chi connectivity index (χ2n) is 5.94. The molecule has 0 aliphatic carbocycles. The fourth-order valence-electron chi connectivity index (χ4n) is 2.66. The summed E-state index contributed by atoms with van der Waals surface area (Å²) in [6.07, 6.45) is -1.87. The predicted octanol–water partition coefficient (Wildman–Crippen LogP) is 2.81. The van der Waals surface area contributed by atoms with Crippen molar-refractivity contribution in [1.29, 1.82) is 0 Å². The Morgan fingerprint density at radius 2 is 1.25 bits per heavy atom. The van der Waals surface area contributed by atoms with Gasteiger partial charge in [0.15, 0.2) is 0 Å². The van der Waals surface area contributed by atoms with Crippen LogP contribution < -0.4 is 0 Å². The van der Waals surface area contributed by atoms with Crippen molar-refractivity contribution in [1.82, 2.24) is 0 Å². The van der Waals surface area contributed by atoms with Crippen LogP contribution in [0.15, 0.2) is 45.3 Å². The highest BCUT2D eigenvalue weighted by atomic mass is 79.9. The van der Waals surface area contributed by atoms with Gasteiger partial charge in [-0.25, -0.2) is 8.37 Å². The van der Waals surface area contributed by atoms with Crippen molar-refractivity contribution >= 4 is 52.7 Å². The third-order valence-corrected chi connectivity index (χ3v) is 7.57. The van der Waals surface area contributed by atoms with E-state index in [0.717, 1.165) is 0 Å². The number of hydrogen-bond acceptors (Lipinski definition) is 9. The van der Waals surface area contributed by atoms with E-state index in [0.29, 0.717) is 11.1 Å². The molecule has 152 valence electrons. The highest BCUT2D eigenvalue weighted by molar-refractivity contribution is 9.10. The fourth-order valence-corrected chi connectivity index (χ4v) is 5.43. The molecule has 1 heterocycles. The third kappa shape index (κ3) is 4.06. The molecule has 3 rings (SSSR count). The Hall–Kier alpha value is -1.22. The van der Waals surface area contributed by atoms with Crippen LogP contribution in [-0.4, -0.2) is 33.3 Å². The molecule has 0 spiro atoms. The van der Waals surface area contributed by atoms with Crippen LogP contribution >= 0.6 is 31.9 Å². The molecule has 0 bridgehead atoms. The highest BCUT2D eigenvalue weighted by Gasteiger charge is 2.50. The summed E-state index contributed by atoms with van der Waals surface area (Å²) in [4.78, 5) is 0. The maximum atomic E-state index is 11.8. The number of halogens is 2. The standard InChI is InChI=1S/C15H12Br2O9S2/c1-15(8-2-4-12(18)10(16)6-8,9-3-5-13(19)11(17)7-9)14-24-27(20,21)26-28(22,23)25-14/h2-7,14,18-19H,1H3. The van der Waals surface area contributed by atoms with Gasteiger partial charge >= 0.3 is 20.8 Å². The summed E-state index contributed by atoms with van der Waals surface area (Å²) >= 11 is 6.33. The number of hydrogen-bond donors (Lipinski definition) is 2. The summed E-state index contributed by atoms with van der Waals surface area (Å²) in [6, 6.07) is 8.46. The SMILES string of the molecule is CC(c1ccc(O)c(Br)c1)(c1ccc(O)c(Br)c1)C1OS(=O)(=O)OS(=O)(=O)O1. The third-order valence-electron chi connectivity index (χ3n) is 4.14. The molecule has 0 radical (unpaired) electrons. The molecule has 1 aliphatic rings. The average Bonchev–Trinajstić information content (AvgIpc) is 2.56. The molecule has 2 aromatic carbocycles. The molecule has 0 amide bonds. The molecule has 0 unspecified atom stereocenters. The van der Waals surface area contributed by atoms with Crippen LogP contribution in [0.1, 0.15) is 18.1 Å². The Labute approximate surface area is 177 Å². The van der Waals surface area contributed by atoms with Gasteiger partial charge in [0, 0.05) is 0 Å². The Bertz CT molecular complexity index is 1060. The first-order chi connectivity index (χ1) is 12.8. The first-order valence-corrected chi connectivity index (χ1v) is 11.6. The Kier molecular flexibility index (Phi) is 5.55. The first kappa shape index (κ1) is 21.5. The minimum Gasteiger partial charge on any atom is -0.507 e. The summed E-state index contributed by atoms with van der Waals surface area (Å²) in [7, 11) is -9.82. The summed E-state index contributed by atoms with van der Waals surface area (Å²) < 4.78 is 61.3. The quantitative estimate of drug-likeness (QED) is 0.581. The van der Waals surface area contributed by atoms with Crippen molar-refractivity contribution in [2.24, 2.45) is 0 Å². The zero-order valence-corrected chi connectivity index (χ0v) is 18.7. The molecule has 2 aromatic rings. The van der Waals surface area contributed by atoms with Crippen LogP contribution in [0.3, 0.4) is 0 Å². The van der Waals surface area contributed by atoms with E-state index in [1.54, 1.807) is 0 Å². The van der Waals surface area contributed by atoms with Crippen molar-refractivity contribution in [2.75, 3.05) is 0 Å². The van der Waals surface area contributed by atoms with Gasteiger partial charge in [0.05, 0.1) is 14.4 Å². The van der Waals surface area contributed by atoms with Gasteiger partial charge in [-0.15, -0.1) is 3.63 Å². The minimum absolute atomic E-state index is 0.0907. The number of rotatable bonds is 3. The molecule has 28 heavy (non-hydrogen) atoms. The molecule has 13 heteroatoms. The predicted molar refractivity (Wildman–Crippen MR) is 103 cm³/mol. The van der Waals surface area contributed by atoms with Gasteiger partial charge in [-0.05, 0) is 74.2 Å². The Morgan fingerprint density at radius 3 is 1.61 bits per heavy atom. The van der Waals surface area contributed by atoms with Crippen LogP contribution in [0.4, 0.5) is 0 Å². The zero-order valence-electron chi connectivity index (χ0n) is 13.9. The van der Waals surface area contributed by atoms with Gasteiger partial charge in [-0.1, -0.05) is 12.1 Å². The zero-order chi connectivity index (χ0) is 20.9. The summed E-state index contributed by atoms with van der Waals surface area (Å²) in [5.74, 6) is -0.181. The monoisotopic (exact) mass is 558 g/mol. The lowest BCUT2D eigenvalue weighted by Gasteiger charge is -2.38. The molecule has 9 nitrogen and oxygen atoms in total. The first-order valence-electron chi connectivity index (χ1n) is 7.39. The van der Waals surface area contributed by atoms with Gasteiger partial charge in [0.2, 0.25) is 6.29 Å². The van der Waals surface area contributed by atoms with E-state index < -0.39 is 32.5 Å². The lowest BCUT2D eigenvalue weighted by Crippen LogP contribution is -2.47. The van der Waals surface area contributed by atoms with Crippen molar-refractivity contribution in [3.05, 3.63) is 56.5 Å². The van der Waals surface area contributed by atoms with Gasteiger partial charge in [0.25, 0.3) is 0 Å². The number of phenols is 2. The van der Waals surface area contributed by atoms with Crippen molar-refractivity contribution in [3.8, 4) is 11.5 Å². The normalized spacial score (nSPS) is 19.4. The van der Waals surface area contributed by atoms with Crippen LogP contribution in [0.25, 0.3) is 0 Å². The largest absolute Gasteiger partial charge is 0.507 e. The maximum Gasteiger partial charge on any atom is 0.418 e. The maximum absolute atomic E-state index is 11.8. The second-order valence-corrected chi connectivity index (χ2v) is 10.2. The molecule has 2 N–H and O–H groups in total. The summed E-state index contributed by atoms with van der Waals surface area (Å²) in [5.41, 5.74) is -0.852. The van der Waals surface area contributed by atoms with Crippen LogP contribution in [0, 0.1) is 0 Å². The van der Waals surface area contributed by atoms with Crippen molar-refractivity contribution in [3.63, 3.8) is 0 Å². The second kappa shape index (κ2) is 7.23. The van der Waals surface area contributed by atoms with E-state index in [1.807, 2.05) is 0 Å². The smallest absolute Gasteiger partial charge is 0.418 e. The molecule has 0 saturated carbocycles. The molecule has 1 saturated heterocycles. The number of phenolic OH excluding ortho intramolecular Hbond substituents is 2. The molecular formula is C15H12Br2O9S2. The van der Waals surface area contributed by atoms with Gasteiger partial charge in [0.1, 0.15) is 11.5 Å². The topological polar surface area (TPSA) is 136 Å². The summed E-state index contributed by atoms with van der Waals surface area (Å²) in [5, 5.41) is 19.6. The Morgan fingerprint density at radius 1 is 0.857 bits per heavy atom. The van der Waals surface area contributed by atoms with Crippen molar-refractivity contribution in [2.45, 2.75) is 18.6 Å². The lowest BCUT2D eigenvalue weighted by molar-refractivity contribution is -0.0579. The van der Waals surface area contributed by atoms with E-state index in [2.05, 4.69) is 35.5 Å². The van der Waals surface area contributed by atoms with E-state index in [4.69, 9.17) is 8.37 Å². The highest BCUT2D eigenvalue weighted by Crippen LogP contribution is 2.44. The van der Waals surface area contributed by atoms with Crippen LogP contribution in [0.2, 0.25) is 0 Å². The molecule has 1 aliphatic heterocycles. The van der Waals surface area contributed by atoms with Crippen LogP contribution in [0.5, 0.6) is 11.5 Å². The van der Waals surface area contributed by atoms with Crippen molar-refractivity contribution < 1.29 is 39.0 Å². The van der Waals surface area contributed by atoms with Gasteiger partial charge in [-0.2, -0.15) is 16.8 Å². The number of aromatic hydroxyl groups is 2.